The Kier molecular flexibility index (Phi) is 4.41. The molecule has 1 heterocycles. The lowest BCUT2D eigenvalue weighted by atomic mass is 10.0. The summed E-state index contributed by atoms with van der Waals surface area (Å²) >= 11 is 1.63. The van der Waals surface area contributed by atoms with Crippen LogP contribution in [0.5, 0.6) is 0 Å². The average Bonchev–Trinajstić information content (AvgIpc) is 2.74. The van der Waals surface area contributed by atoms with Gasteiger partial charge in [0.15, 0.2) is 0 Å². The maximum absolute atomic E-state index is 13.1. The van der Waals surface area contributed by atoms with E-state index in [1.807, 2.05) is 18.4 Å². The number of benzene rings is 1. The van der Waals surface area contributed by atoms with E-state index in [0.29, 0.717) is 6.42 Å². The second-order valence-electron chi connectivity index (χ2n) is 4.28. The summed E-state index contributed by atoms with van der Waals surface area (Å²) in [6.07, 6.45) is 1.44. The standard InChI is InChI=1S/C13H16FN3S/c1-9-8-18-13(16-9)7-12(17-15)6-10-3-2-4-11(14)5-10/h2-5,8,12,17H,6-7,15H2,1H3. The number of hydrazine groups is 1. The lowest BCUT2D eigenvalue weighted by Gasteiger charge is -2.14. The van der Waals surface area contributed by atoms with Crippen LogP contribution in [0, 0.1) is 12.7 Å². The van der Waals surface area contributed by atoms with Crippen molar-refractivity contribution in [1.82, 2.24) is 10.4 Å². The van der Waals surface area contributed by atoms with Gasteiger partial charge in [-0.05, 0) is 31.0 Å². The van der Waals surface area contributed by atoms with Gasteiger partial charge in [-0.1, -0.05) is 12.1 Å². The van der Waals surface area contributed by atoms with Crippen molar-refractivity contribution in [2.75, 3.05) is 0 Å². The van der Waals surface area contributed by atoms with Gasteiger partial charge in [0.2, 0.25) is 0 Å². The van der Waals surface area contributed by atoms with Gasteiger partial charge in [0.1, 0.15) is 5.82 Å². The molecule has 0 saturated carbocycles. The van der Waals surface area contributed by atoms with Crippen LogP contribution in [0.1, 0.15) is 16.3 Å². The summed E-state index contributed by atoms with van der Waals surface area (Å²) in [5, 5.41) is 3.07. The highest BCUT2D eigenvalue weighted by atomic mass is 32.1. The Bertz CT molecular complexity index is 512. The zero-order chi connectivity index (χ0) is 13.0. The number of thiazole rings is 1. The highest BCUT2D eigenvalue weighted by Gasteiger charge is 2.11. The van der Waals surface area contributed by atoms with Crippen LogP contribution in [0.25, 0.3) is 0 Å². The van der Waals surface area contributed by atoms with E-state index in [1.54, 1.807) is 17.4 Å². The first-order valence-electron chi connectivity index (χ1n) is 5.79. The first-order chi connectivity index (χ1) is 8.67. The Labute approximate surface area is 110 Å². The van der Waals surface area contributed by atoms with E-state index >= 15 is 0 Å². The fourth-order valence-electron chi connectivity index (χ4n) is 1.85. The number of aromatic nitrogens is 1. The zero-order valence-electron chi connectivity index (χ0n) is 10.2. The number of nitrogens with one attached hydrogen (secondary N) is 1. The first kappa shape index (κ1) is 13.1. The molecule has 1 aromatic heterocycles. The van der Waals surface area contributed by atoms with Crippen molar-refractivity contribution in [3.05, 3.63) is 51.7 Å². The number of hydrogen-bond donors (Lipinski definition) is 2. The van der Waals surface area contributed by atoms with Crippen LogP contribution < -0.4 is 11.3 Å². The Morgan fingerprint density at radius 2 is 2.28 bits per heavy atom. The Morgan fingerprint density at radius 3 is 2.89 bits per heavy atom. The van der Waals surface area contributed by atoms with Gasteiger partial charge in [-0.15, -0.1) is 11.3 Å². The van der Waals surface area contributed by atoms with E-state index in [4.69, 9.17) is 5.84 Å². The summed E-state index contributed by atoms with van der Waals surface area (Å²) in [6, 6.07) is 6.67. The SMILES string of the molecule is Cc1csc(CC(Cc2cccc(F)c2)NN)n1. The maximum atomic E-state index is 13.1. The van der Waals surface area contributed by atoms with Crippen molar-refractivity contribution in [1.29, 1.82) is 0 Å². The number of halogens is 1. The molecule has 0 amide bonds. The number of aryl methyl sites for hydroxylation is 1. The molecule has 0 bridgehead atoms. The van der Waals surface area contributed by atoms with Crippen LogP contribution in [0.15, 0.2) is 29.6 Å². The Morgan fingerprint density at radius 1 is 1.44 bits per heavy atom. The van der Waals surface area contributed by atoms with Crippen molar-refractivity contribution < 1.29 is 4.39 Å². The maximum Gasteiger partial charge on any atom is 0.123 e. The normalized spacial score (nSPS) is 12.6. The molecular weight excluding hydrogens is 249 g/mol. The van der Waals surface area contributed by atoms with Crippen LogP contribution in [-0.2, 0) is 12.8 Å². The lowest BCUT2D eigenvalue weighted by molar-refractivity contribution is 0.519. The molecule has 18 heavy (non-hydrogen) atoms. The van der Waals surface area contributed by atoms with Crippen LogP contribution in [-0.4, -0.2) is 11.0 Å². The molecule has 5 heteroatoms. The molecule has 0 aliphatic heterocycles. The molecule has 1 atom stereocenters. The second-order valence-corrected chi connectivity index (χ2v) is 5.23. The fraction of sp³-hybridized carbons (Fsp3) is 0.308. The average molecular weight is 265 g/mol. The van der Waals surface area contributed by atoms with E-state index in [1.165, 1.54) is 12.1 Å². The number of nitrogens with zero attached hydrogens (tertiary/aromatic N) is 1. The molecule has 1 aromatic carbocycles. The van der Waals surface area contributed by atoms with Gasteiger partial charge in [-0.3, -0.25) is 11.3 Å². The quantitative estimate of drug-likeness (QED) is 0.644. The predicted molar refractivity (Wildman–Crippen MR) is 71.8 cm³/mol. The number of rotatable bonds is 5. The van der Waals surface area contributed by atoms with Gasteiger partial charge in [0.05, 0.1) is 5.01 Å². The van der Waals surface area contributed by atoms with Crippen LogP contribution >= 0.6 is 11.3 Å². The Balaban J connectivity index is 2.01. The monoisotopic (exact) mass is 265 g/mol. The van der Waals surface area contributed by atoms with Gasteiger partial charge in [-0.2, -0.15) is 0 Å². The van der Waals surface area contributed by atoms with Crippen molar-refractivity contribution in [2.45, 2.75) is 25.8 Å². The summed E-state index contributed by atoms with van der Waals surface area (Å²) in [5.41, 5.74) is 4.73. The molecule has 1 unspecified atom stereocenters. The predicted octanol–water partition coefficient (Wildman–Crippen LogP) is 2.21. The summed E-state index contributed by atoms with van der Waals surface area (Å²) in [5.74, 6) is 5.33. The van der Waals surface area contributed by atoms with E-state index in [-0.39, 0.29) is 11.9 Å². The smallest absolute Gasteiger partial charge is 0.123 e. The number of nitrogens with two attached hydrogens (primary N) is 1. The van der Waals surface area contributed by atoms with Gasteiger partial charge >= 0.3 is 0 Å². The molecule has 0 spiro atoms. The van der Waals surface area contributed by atoms with Crippen LogP contribution in [0.4, 0.5) is 4.39 Å². The lowest BCUT2D eigenvalue weighted by Crippen LogP contribution is -2.38. The van der Waals surface area contributed by atoms with E-state index in [2.05, 4.69) is 10.4 Å². The fourth-order valence-corrected chi connectivity index (χ4v) is 2.70. The molecule has 0 aliphatic rings. The summed E-state index contributed by atoms with van der Waals surface area (Å²) in [4.78, 5) is 4.41. The van der Waals surface area contributed by atoms with Crippen molar-refractivity contribution in [3.8, 4) is 0 Å². The van der Waals surface area contributed by atoms with Gasteiger partial charge in [-0.25, -0.2) is 9.37 Å². The molecule has 3 N–H and O–H groups in total. The van der Waals surface area contributed by atoms with Crippen molar-refractivity contribution in [2.24, 2.45) is 5.84 Å². The first-order valence-corrected chi connectivity index (χ1v) is 6.67. The van der Waals surface area contributed by atoms with E-state index in [0.717, 1.165) is 22.7 Å². The molecule has 96 valence electrons. The van der Waals surface area contributed by atoms with E-state index < -0.39 is 0 Å². The molecule has 2 aromatic rings. The van der Waals surface area contributed by atoms with Crippen LogP contribution in [0.2, 0.25) is 0 Å². The molecule has 0 fully saturated rings. The highest BCUT2D eigenvalue weighted by Crippen LogP contribution is 2.14. The highest BCUT2D eigenvalue weighted by molar-refractivity contribution is 7.09. The zero-order valence-corrected chi connectivity index (χ0v) is 11.0. The van der Waals surface area contributed by atoms with Gasteiger partial charge in [0, 0.05) is 23.5 Å². The molecule has 2 rings (SSSR count). The van der Waals surface area contributed by atoms with Gasteiger partial charge in [0.25, 0.3) is 0 Å². The van der Waals surface area contributed by atoms with Gasteiger partial charge < -0.3 is 0 Å². The molecular formula is C13H16FN3S. The summed E-state index contributed by atoms with van der Waals surface area (Å²) in [6.45, 7) is 1.97. The van der Waals surface area contributed by atoms with E-state index in [9.17, 15) is 4.39 Å². The minimum Gasteiger partial charge on any atom is -0.271 e. The topological polar surface area (TPSA) is 50.9 Å². The summed E-state index contributed by atoms with van der Waals surface area (Å²) < 4.78 is 13.1. The number of hydrogen-bond acceptors (Lipinski definition) is 4. The third-order valence-electron chi connectivity index (χ3n) is 2.69. The minimum atomic E-state index is -0.214. The summed E-state index contributed by atoms with van der Waals surface area (Å²) in [7, 11) is 0. The second kappa shape index (κ2) is 6.04. The third-order valence-corrected chi connectivity index (χ3v) is 3.68. The molecule has 0 aliphatic carbocycles. The van der Waals surface area contributed by atoms with Crippen molar-refractivity contribution >= 4 is 11.3 Å². The van der Waals surface area contributed by atoms with Crippen molar-refractivity contribution in [3.63, 3.8) is 0 Å². The Hall–Kier alpha value is -1.30. The van der Waals surface area contributed by atoms with Crippen LogP contribution in [0.3, 0.4) is 0 Å². The third kappa shape index (κ3) is 3.60. The molecule has 0 radical (unpaired) electrons. The molecule has 3 nitrogen and oxygen atoms in total. The molecule has 0 saturated heterocycles. The minimum absolute atomic E-state index is 0.0670. The largest absolute Gasteiger partial charge is 0.271 e.